The van der Waals surface area contributed by atoms with E-state index in [1.54, 1.807) is 16.9 Å². The quantitative estimate of drug-likeness (QED) is 0.597. The monoisotopic (exact) mass is 202 g/mol. The molecule has 0 amide bonds. The van der Waals surface area contributed by atoms with Crippen LogP contribution in [0.4, 0.5) is 0 Å². The van der Waals surface area contributed by atoms with Gasteiger partial charge in [-0.05, 0) is 0 Å². The van der Waals surface area contributed by atoms with Crippen molar-refractivity contribution in [3.8, 4) is 0 Å². The van der Waals surface area contributed by atoms with Crippen LogP contribution in [0.2, 0.25) is 20.0 Å². The summed E-state index contributed by atoms with van der Waals surface area (Å²) in [5.74, 6) is 0. The Kier molecular flexibility index (Phi) is 2.49. The fraction of sp³-hybridized carbons (Fsp3) is 1.00. The van der Waals surface area contributed by atoms with Gasteiger partial charge in [0.25, 0.3) is 0 Å². The molecule has 1 heterocycles. The molecule has 0 atom stereocenters. The van der Waals surface area contributed by atoms with Crippen LogP contribution in [-0.4, -0.2) is 13.3 Å². The molecule has 10 heavy (non-hydrogen) atoms. The van der Waals surface area contributed by atoms with E-state index in [4.69, 9.17) is 0 Å². The van der Waals surface area contributed by atoms with Gasteiger partial charge in [-0.25, -0.2) is 0 Å². The summed E-state index contributed by atoms with van der Waals surface area (Å²) in [6, 6.07) is 0. The van der Waals surface area contributed by atoms with E-state index in [1.807, 2.05) is 0 Å². The predicted octanol–water partition coefficient (Wildman–Crippen LogP) is 3.66. The molecular weight excluding hydrogens is 181 g/mol. The van der Waals surface area contributed by atoms with Crippen molar-refractivity contribution in [2.75, 3.05) is 0 Å². The van der Waals surface area contributed by atoms with Crippen LogP contribution in [0.1, 0.15) is 34.1 Å². The first kappa shape index (κ1) is 8.64. The predicted molar refractivity (Wildman–Crippen MR) is 50.2 cm³/mol. The van der Waals surface area contributed by atoms with Crippen molar-refractivity contribution in [3.63, 3.8) is 0 Å². The van der Waals surface area contributed by atoms with Crippen LogP contribution in [0, 0.1) is 0 Å². The molecule has 1 saturated heterocycles. The van der Waals surface area contributed by atoms with E-state index in [1.165, 1.54) is 0 Å². The maximum atomic E-state index is 2.46. The molecule has 0 nitrogen and oxygen atoms in total. The Bertz CT molecular complexity index is 102. The second-order valence-corrected chi connectivity index (χ2v) is 16.5. The summed E-state index contributed by atoms with van der Waals surface area (Å²) in [7, 11) is 0. The first-order valence-electron chi connectivity index (χ1n) is 4.59. The molecule has 0 bridgehead atoms. The minimum atomic E-state index is -1.19. The Morgan fingerprint density at radius 1 is 0.900 bits per heavy atom. The average molecular weight is 201 g/mol. The van der Waals surface area contributed by atoms with Crippen molar-refractivity contribution < 1.29 is 0 Å². The van der Waals surface area contributed by atoms with Crippen LogP contribution in [0.15, 0.2) is 0 Å². The van der Waals surface area contributed by atoms with Gasteiger partial charge in [-0.2, -0.15) is 0 Å². The zero-order valence-electron chi connectivity index (χ0n) is 7.78. The molecule has 60 valence electrons. The summed E-state index contributed by atoms with van der Waals surface area (Å²) in [6.07, 6.45) is 1.55. The third kappa shape index (κ3) is 1.15. The maximum absolute atomic E-state index is 2.46. The summed E-state index contributed by atoms with van der Waals surface area (Å²) in [4.78, 5) is 0. The van der Waals surface area contributed by atoms with E-state index in [0.717, 1.165) is 9.50 Å². The summed E-state index contributed by atoms with van der Waals surface area (Å²) in [6.45, 7) is 9.83. The van der Waals surface area contributed by atoms with Gasteiger partial charge in [-0.3, -0.25) is 0 Å². The average Bonchev–Trinajstić information content (AvgIpc) is 1.57. The molecule has 1 rings (SSSR count). The van der Waals surface area contributed by atoms with Crippen molar-refractivity contribution >= 4 is 13.3 Å². The molecule has 0 saturated carbocycles. The zero-order chi connectivity index (χ0) is 7.78. The van der Waals surface area contributed by atoms with E-state index in [2.05, 4.69) is 27.7 Å². The molecule has 0 aromatic carbocycles. The SMILES string of the molecule is C[CH](C)[Ge]1([CH](C)C)[CH2]C[CH2]1. The van der Waals surface area contributed by atoms with Gasteiger partial charge in [-0.15, -0.1) is 0 Å². The minimum absolute atomic E-state index is 1.08. The van der Waals surface area contributed by atoms with Gasteiger partial charge in [0.15, 0.2) is 0 Å². The van der Waals surface area contributed by atoms with Gasteiger partial charge in [0.1, 0.15) is 0 Å². The molecule has 0 aliphatic carbocycles. The Labute approximate surface area is 67.8 Å². The van der Waals surface area contributed by atoms with Crippen LogP contribution < -0.4 is 0 Å². The summed E-state index contributed by atoms with van der Waals surface area (Å²) < 4.78 is 2.16. The normalized spacial score (nSPS) is 23.4. The molecular formula is C9H20Ge. The molecule has 1 heteroatoms. The fourth-order valence-corrected chi connectivity index (χ4v) is 12.5. The fourth-order valence-electron chi connectivity index (χ4n) is 2.41. The number of rotatable bonds is 2. The Hall–Kier alpha value is 0.543. The van der Waals surface area contributed by atoms with E-state index in [9.17, 15) is 0 Å². The van der Waals surface area contributed by atoms with E-state index in [0.29, 0.717) is 0 Å². The summed E-state index contributed by atoms with van der Waals surface area (Å²) in [5.41, 5.74) is 0. The molecule has 1 aliphatic heterocycles. The topological polar surface area (TPSA) is 0 Å². The van der Waals surface area contributed by atoms with Gasteiger partial charge in [0.2, 0.25) is 0 Å². The second kappa shape index (κ2) is 2.88. The first-order chi connectivity index (χ1) is 4.59. The zero-order valence-corrected chi connectivity index (χ0v) is 9.87. The van der Waals surface area contributed by atoms with Crippen molar-refractivity contribution in [3.05, 3.63) is 0 Å². The third-order valence-electron chi connectivity index (χ3n) is 3.58. The second-order valence-electron chi connectivity index (χ2n) is 4.40. The van der Waals surface area contributed by atoms with Gasteiger partial charge >= 0.3 is 67.4 Å². The van der Waals surface area contributed by atoms with E-state index >= 15 is 0 Å². The Morgan fingerprint density at radius 3 is 1.30 bits per heavy atom. The van der Waals surface area contributed by atoms with Crippen molar-refractivity contribution in [1.82, 2.24) is 0 Å². The van der Waals surface area contributed by atoms with E-state index < -0.39 is 13.3 Å². The number of hydrogen-bond acceptors (Lipinski definition) is 0. The molecule has 1 fully saturated rings. The van der Waals surface area contributed by atoms with Crippen LogP contribution in [0.25, 0.3) is 0 Å². The van der Waals surface area contributed by atoms with Crippen molar-refractivity contribution in [1.29, 1.82) is 0 Å². The Balaban J connectivity index is 2.59. The van der Waals surface area contributed by atoms with Crippen molar-refractivity contribution in [2.24, 2.45) is 0 Å². The van der Waals surface area contributed by atoms with Gasteiger partial charge in [0.05, 0.1) is 0 Å². The standard InChI is InChI=1S/C9H20Ge/c1-8(2)10(9(3)4)6-5-7-10/h8-9H,5-7H2,1-4H3. The molecule has 0 unspecified atom stereocenters. The molecule has 0 aromatic heterocycles. The van der Waals surface area contributed by atoms with Gasteiger partial charge < -0.3 is 0 Å². The van der Waals surface area contributed by atoms with Gasteiger partial charge in [0, 0.05) is 0 Å². The summed E-state index contributed by atoms with van der Waals surface area (Å²) >= 11 is -1.19. The molecule has 0 radical (unpaired) electrons. The van der Waals surface area contributed by atoms with E-state index in [-0.39, 0.29) is 0 Å². The molecule has 1 aliphatic rings. The van der Waals surface area contributed by atoms with Crippen LogP contribution in [-0.2, 0) is 0 Å². The van der Waals surface area contributed by atoms with Crippen LogP contribution in [0.5, 0.6) is 0 Å². The number of hydrogen-bond donors (Lipinski definition) is 0. The third-order valence-corrected chi connectivity index (χ3v) is 18.6. The first-order valence-corrected chi connectivity index (χ1v) is 9.98. The van der Waals surface area contributed by atoms with Crippen LogP contribution >= 0.6 is 0 Å². The molecule has 0 spiro atoms. The molecule has 0 aromatic rings. The summed E-state index contributed by atoms with van der Waals surface area (Å²) in [5, 5.41) is 3.32. The Morgan fingerprint density at radius 2 is 1.30 bits per heavy atom. The molecule has 0 N–H and O–H groups in total. The van der Waals surface area contributed by atoms with Crippen LogP contribution in [0.3, 0.4) is 0 Å². The van der Waals surface area contributed by atoms with Gasteiger partial charge in [-0.1, -0.05) is 0 Å². The van der Waals surface area contributed by atoms with Crippen molar-refractivity contribution in [2.45, 2.75) is 54.1 Å².